The van der Waals surface area contributed by atoms with Crippen LogP contribution >= 0.6 is 0 Å². The van der Waals surface area contributed by atoms with Crippen molar-refractivity contribution in [3.8, 4) is 11.5 Å². The number of alkyl halides is 1. The number of nitrogens with zero attached hydrogens (tertiary/aromatic N) is 1. The summed E-state index contributed by atoms with van der Waals surface area (Å²) >= 11 is 0. The predicted octanol–water partition coefficient (Wildman–Crippen LogP) is 7.95. The summed E-state index contributed by atoms with van der Waals surface area (Å²) in [7, 11) is -2.01. The molecule has 1 aliphatic rings. The minimum absolute atomic E-state index is 0.0968. The molecule has 40 heavy (non-hydrogen) atoms. The van der Waals surface area contributed by atoms with E-state index in [1.807, 2.05) is 74.2 Å². The van der Waals surface area contributed by atoms with Gasteiger partial charge in [0.1, 0.15) is 23.7 Å². The molecular formula is C32H48FNO5Si. The predicted molar refractivity (Wildman–Crippen MR) is 160 cm³/mol. The Balaban J connectivity index is 1.93. The maximum Gasteiger partial charge on any atom is 0.410 e. The van der Waals surface area contributed by atoms with Gasteiger partial charge in [0.05, 0.1) is 12.6 Å². The summed E-state index contributed by atoms with van der Waals surface area (Å²) < 4.78 is 37.2. The van der Waals surface area contributed by atoms with Gasteiger partial charge in [-0.1, -0.05) is 45.0 Å². The first kappa shape index (κ1) is 31.9. The van der Waals surface area contributed by atoms with Crippen LogP contribution in [-0.4, -0.2) is 57.1 Å². The molecule has 1 aliphatic carbocycles. The van der Waals surface area contributed by atoms with Gasteiger partial charge in [0, 0.05) is 6.04 Å². The summed E-state index contributed by atoms with van der Waals surface area (Å²) in [5, 5.41) is 0. The normalized spacial score (nSPS) is 16.4. The van der Waals surface area contributed by atoms with Crippen molar-refractivity contribution in [1.29, 1.82) is 0 Å². The zero-order valence-electron chi connectivity index (χ0n) is 25.2. The van der Waals surface area contributed by atoms with Crippen LogP contribution in [0, 0.1) is 0 Å². The second kappa shape index (κ2) is 14.9. The summed E-state index contributed by atoms with van der Waals surface area (Å²) in [4.78, 5) is 15.6. The molecule has 0 N–H and O–H groups in total. The second-order valence-electron chi connectivity index (χ2n) is 11.7. The van der Waals surface area contributed by atoms with Crippen molar-refractivity contribution >= 4 is 14.4 Å². The highest BCUT2D eigenvalue weighted by Gasteiger charge is 2.37. The molecule has 0 radical (unpaired) electrons. The Morgan fingerprint density at radius 1 is 1.00 bits per heavy atom. The molecule has 0 fully saturated rings. The van der Waals surface area contributed by atoms with E-state index in [1.54, 1.807) is 0 Å². The van der Waals surface area contributed by atoms with Gasteiger partial charge in [-0.25, -0.2) is 9.18 Å². The van der Waals surface area contributed by atoms with Crippen LogP contribution in [0.2, 0.25) is 18.1 Å². The first-order chi connectivity index (χ1) is 19.1. The lowest BCUT2D eigenvalue weighted by atomic mass is 10.0. The fourth-order valence-electron chi connectivity index (χ4n) is 5.44. The van der Waals surface area contributed by atoms with Crippen molar-refractivity contribution < 1.29 is 27.8 Å². The van der Waals surface area contributed by atoms with E-state index in [4.69, 9.17) is 18.6 Å². The highest BCUT2D eigenvalue weighted by Crippen LogP contribution is 2.30. The van der Waals surface area contributed by atoms with Crippen LogP contribution in [0.15, 0.2) is 48.5 Å². The third kappa shape index (κ3) is 9.23. The number of para-hydroxylation sites is 1. The quantitative estimate of drug-likeness (QED) is 0.180. The Hall–Kier alpha value is -2.58. The van der Waals surface area contributed by atoms with E-state index >= 15 is 0 Å². The largest absolute Gasteiger partial charge is 0.491 e. The van der Waals surface area contributed by atoms with Gasteiger partial charge in [0.25, 0.3) is 0 Å². The molecule has 0 aliphatic heterocycles. The maximum absolute atomic E-state index is 13.8. The Bertz CT molecular complexity index is 1050. The van der Waals surface area contributed by atoms with Crippen LogP contribution in [0.4, 0.5) is 9.18 Å². The zero-order valence-corrected chi connectivity index (χ0v) is 26.2. The molecule has 0 bridgehead atoms. The molecule has 2 aromatic rings. The van der Waals surface area contributed by atoms with Gasteiger partial charge >= 0.3 is 6.09 Å². The molecule has 0 spiro atoms. The molecule has 1 unspecified atom stereocenters. The van der Waals surface area contributed by atoms with E-state index in [2.05, 4.69) is 20.8 Å². The van der Waals surface area contributed by atoms with Crippen molar-refractivity contribution in [2.45, 2.75) is 103 Å². The summed E-state index contributed by atoms with van der Waals surface area (Å²) in [6, 6.07) is 18.4. The van der Waals surface area contributed by atoms with Crippen molar-refractivity contribution in [2.75, 3.05) is 20.0 Å². The van der Waals surface area contributed by atoms with Gasteiger partial charge in [0.15, 0.2) is 8.32 Å². The molecule has 2 atom stereocenters. The summed E-state index contributed by atoms with van der Waals surface area (Å²) in [6.45, 7) is 12.1. The fraction of sp³-hybridized carbons (Fsp3) is 0.594. The number of halogens is 1. The number of rotatable bonds is 13. The van der Waals surface area contributed by atoms with Crippen LogP contribution < -0.4 is 9.47 Å². The smallest absolute Gasteiger partial charge is 0.410 e. The Morgan fingerprint density at radius 3 is 2.33 bits per heavy atom. The summed E-state index contributed by atoms with van der Waals surface area (Å²) in [5.41, 5.74) is 1.66. The average Bonchev–Trinajstić information content (AvgIpc) is 3.14. The van der Waals surface area contributed by atoms with Crippen molar-refractivity contribution in [1.82, 2.24) is 4.90 Å². The third-order valence-corrected chi connectivity index (χ3v) is 12.5. The zero-order chi connectivity index (χ0) is 29.2. The Kier molecular flexibility index (Phi) is 11.9. The SMILES string of the molecule is CC[Si](CC)(CC)O[C@H](COc1ccccc1)CN(C(=O)OC(C)(C)C)C1CCCc2ccc(OCF)cc2C1. The molecule has 0 aromatic heterocycles. The van der Waals surface area contributed by atoms with E-state index in [1.165, 1.54) is 5.56 Å². The first-order valence-electron chi connectivity index (χ1n) is 14.8. The lowest BCUT2D eigenvalue weighted by Crippen LogP contribution is -2.52. The van der Waals surface area contributed by atoms with Crippen molar-refractivity contribution in [2.24, 2.45) is 0 Å². The number of carbonyl (C=O) groups excluding carboxylic acids is 1. The monoisotopic (exact) mass is 573 g/mol. The molecule has 6 nitrogen and oxygen atoms in total. The van der Waals surface area contributed by atoms with Gasteiger partial charge in [-0.3, -0.25) is 0 Å². The van der Waals surface area contributed by atoms with Gasteiger partial charge in [-0.2, -0.15) is 0 Å². The first-order valence-corrected chi connectivity index (χ1v) is 17.3. The minimum atomic E-state index is -2.01. The van der Waals surface area contributed by atoms with Gasteiger partial charge < -0.3 is 23.5 Å². The average molecular weight is 574 g/mol. The van der Waals surface area contributed by atoms with E-state index in [-0.39, 0.29) is 18.2 Å². The second-order valence-corrected chi connectivity index (χ2v) is 16.4. The summed E-state index contributed by atoms with van der Waals surface area (Å²) in [5.74, 6) is 1.29. The molecule has 222 valence electrons. The van der Waals surface area contributed by atoms with Gasteiger partial charge in [0.2, 0.25) is 6.86 Å². The van der Waals surface area contributed by atoms with Crippen molar-refractivity contribution in [3.63, 3.8) is 0 Å². The minimum Gasteiger partial charge on any atom is -0.491 e. The topological polar surface area (TPSA) is 57.2 Å². The molecule has 3 rings (SSSR count). The molecular weight excluding hydrogens is 525 g/mol. The van der Waals surface area contributed by atoms with Crippen LogP contribution in [0.3, 0.4) is 0 Å². The fourth-order valence-corrected chi connectivity index (χ4v) is 8.28. The van der Waals surface area contributed by atoms with Crippen molar-refractivity contribution in [3.05, 3.63) is 59.7 Å². The van der Waals surface area contributed by atoms with Crippen LogP contribution in [0.25, 0.3) is 0 Å². The molecule has 0 saturated carbocycles. The number of aryl methyl sites for hydroxylation is 1. The lowest BCUT2D eigenvalue weighted by Gasteiger charge is -2.39. The molecule has 1 amide bonds. The Labute approximate surface area is 241 Å². The highest BCUT2D eigenvalue weighted by molar-refractivity contribution is 6.73. The lowest BCUT2D eigenvalue weighted by molar-refractivity contribution is -0.000470. The van der Waals surface area contributed by atoms with E-state index in [0.717, 1.165) is 48.7 Å². The van der Waals surface area contributed by atoms with Gasteiger partial charge in [-0.05, 0) is 100.0 Å². The van der Waals surface area contributed by atoms with E-state index < -0.39 is 20.8 Å². The van der Waals surface area contributed by atoms with Crippen LogP contribution in [-0.2, 0) is 22.0 Å². The molecule has 0 saturated heterocycles. The number of benzene rings is 2. The molecule has 8 heteroatoms. The number of fused-ring (bicyclic) bond motifs is 1. The summed E-state index contributed by atoms with van der Waals surface area (Å²) in [6.07, 6.45) is 2.66. The van der Waals surface area contributed by atoms with Crippen LogP contribution in [0.1, 0.15) is 65.5 Å². The number of amides is 1. The highest BCUT2D eigenvalue weighted by atomic mass is 28.4. The molecule has 0 heterocycles. The molecule has 2 aromatic carbocycles. The standard InChI is InChI=1S/C32H48FNO5Si/c1-7-40(8-2,9-3)39-30(23-36-28-16-11-10-12-17-28)22-34(31(35)38-32(4,5)6)27-15-13-14-25-18-19-29(37-24-33)21-26(25)20-27/h10-12,16-19,21,27,30H,7-9,13-15,20,22-24H2,1-6H3/t27?,30-/m0/s1. The number of hydrogen-bond acceptors (Lipinski definition) is 5. The van der Waals surface area contributed by atoms with E-state index in [0.29, 0.717) is 25.3 Å². The Morgan fingerprint density at radius 2 is 1.70 bits per heavy atom. The maximum atomic E-state index is 13.8. The van der Waals surface area contributed by atoms with Gasteiger partial charge in [-0.15, -0.1) is 0 Å². The van der Waals surface area contributed by atoms with Crippen LogP contribution in [0.5, 0.6) is 11.5 Å². The number of carbonyl (C=O) groups is 1. The number of ether oxygens (including phenoxy) is 3. The third-order valence-electron chi connectivity index (χ3n) is 7.84. The van der Waals surface area contributed by atoms with E-state index in [9.17, 15) is 9.18 Å². The number of hydrogen-bond donors (Lipinski definition) is 0.